The van der Waals surface area contributed by atoms with E-state index in [0.29, 0.717) is 37.9 Å². The second-order valence-corrected chi connectivity index (χ2v) is 17.3. The summed E-state index contributed by atoms with van der Waals surface area (Å²) in [7, 11) is 6.03. The number of rotatable bonds is 12. The zero-order valence-corrected chi connectivity index (χ0v) is 37.5. The van der Waals surface area contributed by atoms with Crippen LogP contribution in [0.4, 0.5) is 4.79 Å². The fourth-order valence-corrected chi connectivity index (χ4v) is 9.46. The Kier molecular flexibility index (Phi) is 12.5. The molecule has 5 aromatic rings. The summed E-state index contributed by atoms with van der Waals surface area (Å²) in [6, 6.07) is 12.5. The van der Waals surface area contributed by atoms with Gasteiger partial charge in [-0.3, -0.25) is 9.59 Å². The first-order valence-electron chi connectivity index (χ1n) is 21.7. The largest absolute Gasteiger partial charge is 0.488 e. The first kappa shape index (κ1) is 43.6. The average Bonchev–Trinajstić information content (AvgIpc) is 4.11. The van der Waals surface area contributed by atoms with Crippen LogP contribution in [0.15, 0.2) is 53.7 Å². The van der Waals surface area contributed by atoms with Crippen LogP contribution in [-0.4, -0.2) is 119 Å². The predicted molar refractivity (Wildman–Crippen MR) is 238 cm³/mol. The summed E-state index contributed by atoms with van der Waals surface area (Å²) in [5, 5.41) is 4.61. The van der Waals surface area contributed by atoms with Crippen molar-refractivity contribution in [1.82, 2.24) is 35.1 Å². The van der Waals surface area contributed by atoms with E-state index in [1.165, 1.54) is 14.2 Å². The van der Waals surface area contributed by atoms with E-state index in [9.17, 15) is 14.4 Å². The third-order valence-corrected chi connectivity index (χ3v) is 13.0. The van der Waals surface area contributed by atoms with Crippen molar-refractivity contribution in [2.24, 2.45) is 16.8 Å². The molecule has 63 heavy (non-hydrogen) atoms. The number of hydrogen-bond donors (Lipinski definition) is 3. The van der Waals surface area contributed by atoms with Crippen LogP contribution in [0.25, 0.3) is 44.2 Å². The van der Waals surface area contributed by atoms with Gasteiger partial charge in [-0.2, -0.15) is 0 Å². The van der Waals surface area contributed by atoms with Crippen molar-refractivity contribution < 1.29 is 38.1 Å². The minimum Gasteiger partial charge on any atom is -0.488 e. The van der Waals surface area contributed by atoms with Gasteiger partial charge in [0, 0.05) is 50.6 Å². The van der Waals surface area contributed by atoms with Crippen molar-refractivity contribution in [2.75, 3.05) is 41.6 Å². The van der Waals surface area contributed by atoms with Gasteiger partial charge in [0.05, 0.1) is 61.9 Å². The van der Waals surface area contributed by atoms with E-state index >= 15 is 0 Å². The van der Waals surface area contributed by atoms with E-state index < -0.39 is 24.3 Å². The number of likely N-dealkylation sites (tertiary alicyclic amines) is 2. The number of ether oxygens (including phenoxy) is 5. The summed E-state index contributed by atoms with van der Waals surface area (Å²) in [5.74, 6) is 2.50. The van der Waals surface area contributed by atoms with Crippen LogP contribution in [0.2, 0.25) is 0 Å². The molecule has 0 aliphatic carbocycles. The Balaban J connectivity index is 1.05. The van der Waals surface area contributed by atoms with Gasteiger partial charge < -0.3 is 48.8 Å². The molecule has 0 bridgehead atoms. The van der Waals surface area contributed by atoms with Gasteiger partial charge >= 0.3 is 6.09 Å². The number of H-pyrrole nitrogens is 2. The number of amides is 3. The molecule has 7 unspecified atom stereocenters. The first-order valence-corrected chi connectivity index (χ1v) is 21.7. The minimum atomic E-state index is -0.931. The molecule has 0 saturated carbocycles. The maximum Gasteiger partial charge on any atom is 0.407 e. The van der Waals surface area contributed by atoms with E-state index in [1.807, 2.05) is 42.8 Å². The normalized spacial score (nSPS) is 21.3. The summed E-state index contributed by atoms with van der Waals surface area (Å²) in [6.45, 7) is 11.0. The smallest absolute Gasteiger partial charge is 0.407 e. The zero-order valence-electron chi connectivity index (χ0n) is 37.5. The molecule has 3 N–H and O–H groups in total. The van der Waals surface area contributed by atoms with Gasteiger partial charge in [-0.15, -0.1) is 0 Å². The number of hydrogen-bond acceptors (Lipinski definition) is 11. The summed E-state index contributed by atoms with van der Waals surface area (Å²) >= 11 is 0. The molecule has 2 fully saturated rings. The third-order valence-electron chi connectivity index (χ3n) is 13.0. The Labute approximate surface area is 367 Å². The topological polar surface area (TPSA) is 186 Å². The number of benzene rings is 3. The lowest BCUT2D eigenvalue weighted by atomic mass is 9.92. The molecule has 7 atom stereocenters. The Morgan fingerprint density at radius 2 is 1.76 bits per heavy atom. The van der Waals surface area contributed by atoms with Crippen molar-refractivity contribution in [1.29, 1.82) is 0 Å². The quantitative estimate of drug-likeness (QED) is 0.0863. The zero-order chi connectivity index (χ0) is 44.7. The monoisotopic (exact) mass is 862 g/mol. The van der Waals surface area contributed by atoms with Gasteiger partial charge in [0.15, 0.2) is 5.90 Å². The number of fused-ring (bicyclic) bond motifs is 6. The van der Waals surface area contributed by atoms with Crippen molar-refractivity contribution in [3.8, 4) is 28.1 Å². The van der Waals surface area contributed by atoms with Crippen LogP contribution in [0.1, 0.15) is 83.2 Å². The number of aliphatic imine (C=N–C) groups is 1. The van der Waals surface area contributed by atoms with Crippen molar-refractivity contribution >= 4 is 45.6 Å². The van der Waals surface area contributed by atoms with E-state index in [2.05, 4.69) is 56.7 Å². The molecule has 334 valence electrons. The molecule has 3 amide bonds. The lowest BCUT2D eigenvalue weighted by molar-refractivity contribution is -0.139. The molecule has 3 aliphatic rings. The molecule has 3 aliphatic heterocycles. The Bertz CT molecular complexity index is 2550. The first-order chi connectivity index (χ1) is 30.3. The lowest BCUT2D eigenvalue weighted by Crippen LogP contribution is -2.55. The summed E-state index contributed by atoms with van der Waals surface area (Å²) in [6.07, 6.45) is 2.78. The van der Waals surface area contributed by atoms with Gasteiger partial charge in [-0.1, -0.05) is 32.0 Å². The third kappa shape index (κ3) is 8.33. The van der Waals surface area contributed by atoms with Crippen molar-refractivity contribution in [2.45, 2.75) is 96.8 Å². The molecular formula is C47H58N8O8. The van der Waals surface area contributed by atoms with E-state index in [4.69, 9.17) is 33.7 Å². The number of aromatic amines is 2. The second kappa shape index (κ2) is 18.0. The molecule has 0 radical (unpaired) electrons. The Morgan fingerprint density at radius 1 is 0.952 bits per heavy atom. The molecule has 16 nitrogen and oxygen atoms in total. The second-order valence-electron chi connectivity index (χ2n) is 17.3. The summed E-state index contributed by atoms with van der Waals surface area (Å²) in [4.78, 5) is 65.7. The fraction of sp³-hybridized carbons (Fsp3) is 0.489. The predicted octanol–water partition coefficient (Wildman–Crippen LogP) is 7.10. The number of imidazole rings is 2. The highest BCUT2D eigenvalue weighted by Crippen LogP contribution is 2.44. The fourth-order valence-electron chi connectivity index (χ4n) is 9.46. The molecule has 3 aromatic carbocycles. The van der Waals surface area contributed by atoms with Gasteiger partial charge in [0.25, 0.3) is 0 Å². The lowest BCUT2D eigenvalue weighted by Gasteiger charge is -2.33. The average molecular weight is 863 g/mol. The highest BCUT2D eigenvalue weighted by molar-refractivity contribution is 6.07. The standard InChI is InChI=1S/C47H58N8O8/c1-24(2)40(49-27(5)61-8)45(56)54-21-28(22-59-6)16-38(54)43-48-20-36(51-43)30-11-13-32-31(17-30)23-63-39-19-33-29(18-34(32)39)12-14-35-42(33)52-44(50-35)37-15-10-25(3)55(37)46(57)41(26(4)60-7)53-47(58)62-9/h11-14,17-20,24-26,28,37-38,40-41H,10,15-16,21-23H2,1-9H3,(H,48,51)(H,50,52)(H,53,58). The number of alkyl carbamates (subject to hydrolysis) is 1. The van der Waals surface area contributed by atoms with Gasteiger partial charge in [-0.25, -0.2) is 19.8 Å². The van der Waals surface area contributed by atoms with Crippen LogP contribution >= 0.6 is 0 Å². The van der Waals surface area contributed by atoms with E-state index in [-0.39, 0.29) is 41.8 Å². The number of methoxy groups -OCH3 is 4. The van der Waals surface area contributed by atoms with Crippen molar-refractivity contribution in [3.63, 3.8) is 0 Å². The maximum atomic E-state index is 14.1. The number of nitrogens with one attached hydrogen (secondary N) is 3. The van der Waals surface area contributed by atoms with Gasteiger partial charge in [0.2, 0.25) is 11.8 Å². The highest BCUT2D eigenvalue weighted by atomic mass is 16.5. The highest BCUT2D eigenvalue weighted by Gasteiger charge is 2.43. The van der Waals surface area contributed by atoms with Crippen LogP contribution < -0.4 is 10.1 Å². The van der Waals surface area contributed by atoms with E-state index in [0.717, 1.165) is 74.2 Å². The summed E-state index contributed by atoms with van der Waals surface area (Å²) < 4.78 is 27.6. The van der Waals surface area contributed by atoms with Gasteiger partial charge in [-0.05, 0) is 85.4 Å². The van der Waals surface area contributed by atoms with Crippen LogP contribution in [0.5, 0.6) is 5.75 Å². The molecule has 16 heteroatoms. The Morgan fingerprint density at radius 3 is 2.49 bits per heavy atom. The SMILES string of the molecule is COCC1CC(c2ncc(-c3ccc4c(c3)COc3cc5c(ccc6[nH]c(C7CCC(C)N7C(=O)C(NC(=O)OC)C(C)OC)nc65)cc3-4)[nH]2)N(C(=O)C(N=C(C)OC)C(C)C)C1. The molecule has 2 saturated heterocycles. The van der Waals surface area contributed by atoms with Crippen molar-refractivity contribution in [3.05, 3.63) is 65.9 Å². The summed E-state index contributed by atoms with van der Waals surface area (Å²) in [5.41, 5.74) is 6.58. The van der Waals surface area contributed by atoms with Gasteiger partial charge in [0.1, 0.15) is 36.1 Å². The molecule has 5 heterocycles. The Hall–Kier alpha value is -6.00. The number of carbonyl (C=O) groups excluding carboxylic acids is 3. The minimum absolute atomic E-state index is 0.0169. The number of carbonyl (C=O) groups is 3. The molecule has 0 spiro atoms. The maximum absolute atomic E-state index is 14.1. The van der Waals surface area contributed by atoms with Crippen LogP contribution in [0, 0.1) is 11.8 Å². The van der Waals surface area contributed by atoms with E-state index in [1.54, 1.807) is 28.1 Å². The van der Waals surface area contributed by atoms with Crippen LogP contribution in [-0.2, 0) is 35.1 Å². The number of aromatic nitrogens is 4. The van der Waals surface area contributed by atoms with Crippen LogP contribution in [0.3, 0.4) is 0 Å². The number of nitrogens with zero attached hydrogens (tertiary/aromatic N) is 5. The molecule has 8 rings (SSSR count). The molecular weight excluding hydrogens is 805 g/mol. The molecule has 2 aromatic heterocycles.